The number of nitrogens with one attached hydrogen (secondary N) is 1. The maximum absolute atomic E-state index is 13.7. The fraction of sp³-hybridized carbons (Fsp3) is 0.375. The molecule has 0 saturated carbocycles. The van der Waals surface area contributed by atoms with E-state index in [9.17, 15) is 9.18 Å². The molecule has 2 aromatic rings. The van der Waals surface area contributed by atoms with Gasteiger partial charge >= 0.3 is 13.2 Å². The molecule has 2 aromatic carbocycles. The molecule has 0 radical (unpaired) electrons. The predicted octanol–water partition coefficient (Wildman–Crippen LogP) is 5.08. The monoisotopic (exact) mass is 425 g/mol. The average Bonchev–Trinajstić information content (AvgIpc) is 2.94. The molecular weight excluding hydrogens is 396 g/mol. The Kier molecular flexibility index (Phi) is 6.87. The van der Waals surface area contributed by atoms with Crippen LogP contribution in [0.2, 0.25) is 0 Å². The third kappa shape index (κ3) is 5.74. The molecule has 1 N–H and O–H groups in total. The Morgan fingerprint density at radius 1 is 1.10 bits per heavy atom. The summed E-state index contributed by atoms with van der Waals surface area (Å²) >= 11 is 0. The highest BCUT2D eigenvalue weighted by molar-refractivity contribution is 6.56. The maximum Gasteiger partial charge on any atom is 0.492 e. The molecule has 31 heavy (non-hydrogen) atoms. The van der Waals surface area contributed by atoms with E-state index in [-0.39, 0.29) is 19.0 Å². The second-order valence-electron chi connectivity index (χ2n) is 8.73. The van der Waals surface area contributed by atoms with Gasteiger partial charge in [-0.05, 0) is 68.9 Å². The van der Waals surface area contributed by atoms with Gasteiger partial charge in [0.15, 0.2) is 0 Å². The molecule has 164 valence electrons. The number of halogens is 1. The van der Waals surface area contributed by atoms with Gasteiger partial charge in [-0.2, -0.15) is 0 Å². The molecule has 1 aliphatic rings. The molecular formula is C24H29BFNO4. The second-order valence-corrected chi connectivity index (χ2v) is 8.73. The molecule has 1 fully saturated rings. The SMILES string of the molecule is Cc1cc(C=C(CNC(=O)OCc2ccccc2)B2OC(C)(C)C(C)(C)O2)ccc1F. The van der Waals surface area contributed by atoms with E-state index in [1.54, 1.807) is 19.1 Å². The smallest absolute Gasteiger partial charge is 0.445 e. The fourth-order valence-electron chi connectivity index (χ4n) is 3.12. The largest absolute Gasteiger partial charge is 0.492 e. The van der Waals surface area contributed by atoms with Crippen molar-refractivity contribution in [3.05, 3.63) is 76.5 Å². The molecule has 1 amide bonds. The number of carbonyl (C=O) groups is 1. The van der Waals surface area contributed by atoms with E-state index in [2.05, 4.69) is 5.32 Å². The number of aryl methyl sites for hydroxylation is 1. The van der Waals surface area contributed by atoms with E-state index < -0.39 is 24.4 Å². The third-order valence-corrected chi connectivity index (χ3v) is 5.74. The summed E-state index contributed by atoms with van der Waals surface area (Å²) in [4.78, 5) is 12.2. The highest BCUT2D eigenvalue weighted by Gasteiger charge is 2.52. The van der Waals surface area contributed by atoms with Crippen LogP contribution in [-0.4, -0.2) is 31.0 Å². The average molecular weight is 425 g/mol. The summed E-state index contributed by atoms with van der Waals surface area (Å²) in [6, 6.07) is 14.3. The van der Waals surface area contributed by atoms with Gasteiger partial charge in [0.2, 0.25) is 0 Å². The first-order valence-electron chi connectivity index (χ1n) is 10.3. The number of hydrogen-bond acceptors (Lipinski definition) is 4. The first-order valence-corrected chi connectivity index (χ1v) is 10.3. The Labute approximate surface area is 183 Å². The van der Waals surface area contributed by atoms with Gasteiger partial charge in [0.1, 0.15) is 12.4 Å². The lowest BCUT2D eigenvalue weighted by molar-refractivity contribution is 0.00578. The van der Waals surface area contributed by atoms with Crippen LogP contribution in [-0.2, 0) is 20.7 Å². The molecule has 0 spiro atoms. The van der Waals surface area contributed by atoms with Crippen molar-refractivity contribution in [3.63, 3.8) is 0 Å². The molecule has 1 saturated heterocycles. The summed E-state index contributed by atoms with van der Waals surface area (Å²) in [5.41, 5.74) is 1.90. The minimum atomic E-state index is -0.648. The minimum absolute atomic E-state index is 0.168. The second kappa shape index (κ2) is 9.24. The number of benzene rings is 2. The van der Waals surface area contributed by atoms with Crippen molar-refractivity contribution >= 4 is 19.3 Å². The van der Waals surface area contributed by atoms with Gasteiger partial charge in [0.25, 0.3) is 0 Å². The standard InChI is InChI=1S/C24H29BFNO4/c1-17-13-19(11-12-21(17)26)14-20(25-30-23(2,3)24(4,5)31-25)15-27-22(28)29-16-18-9-7-6-8-10-18/h6-14H,15-16H2,1-5H3,(H,27,28). The quantitative estimate of drug-likeness (QED) is 0.657. The fourth-order valence-corrected chi connectivity index (χ4v) is 3.12. The highest BCUT2D eigenvalue weighted by atomic mass is 19.1. The van der Waals surface area contributed by atoms with Crippen LogP contribution in [0.5, 0.6) is 0 Å². The van der Waals surface area contributed by atoms with E-state index in [4.69, 9.17) is 14.0 Å². The predicted molar refractivity (Wildman–Crippen MR) is 120 cm³/mol. The minimum Gasteiger partial charge on any atom is -0.445 e. The first kappa shape index (κ1) is 23.0. The molecule has 3 rings (SSSR count). The van der Waals surface area contributed by atoms with Gasteiger partial charge < -0.3 is 19.4 Å². The van der Waals surface area contributed by atoms with Gasteiger partial charge in [-0.15, -0.1) is 0 Å². The summed E-state index contributed by atoms with van der Waals surface area (Å²) in [5.74, 6) is -0.267. The van der Waals surface area contributed by atoms with Crippen LogP contribution in [0.1, 0.15) is 44.4 Å². The Hall–Kier alpha value is -2.64. The molecule has 0 bridgehead atoms. The maximum atomic E-state index is 13.7. The van der Waals surface area contributed by atoms with Crippen molar-refractivity contribution in [2.75, 3.05) is 6.54 Å². The zero-order valence-corrected chi connectivity index (χ0v) is 18.7. The summed E-state index contributed by atoms with van der Waals surface area (Å²) < 4.78 is 31.3. The molecule has 0 unspecified atom stereocenters. The Balaban J connectivity index is 1.73. The summed E-state index contributed by atoms with van der Waals surface area (Å²) in [5, 5.41) is 2.77. The first-order chi connectivity index (χ1) is 14.6. The topological polar surface area (TPSA) is 56.8 Å². The highest BCUT2D eigenvalue weighted by Crippen LogP contribution is 2.38. The van der Waals surface area contributed by atoms with E-state index in [0.29, 0.717) is 11.0 Å². The molecule has 0 atom stereocenters. The van der Waals surface area contributed by atoms with Crippen LogP contribution in [0.4, 0.5) is 9.18 Å². The van der Waals surface area contributed by atoms with Crippen molar-refractivity contribution < 1.29 is 23.2 Å². The lowest BCUT2D eigenvalue weighted by Crippen LogP contribution is -2.41. The number of alkyl carbamates (subject to hydrolysis) is 1. The van der Waals surface area contributed by atoms with Gasteiger partial charge in [-0.25, -0.2) is 9.18 Å². The van der Waals surface area contributed by atoms with Crippen LogP contribution >= 0.6 is 0 Å². The third-order valence-electron chi connectivity index (χ3n) is 5.74. The summed E-state index contributed by atoms with van der Waals surface area (Å²) in [6.45, 7) is 9.92. The van der Waals surface area contributed by atoms with Crippen molar-refractivity contribution in [1.29, 1.82) is 0 Å². The molecule has 1 aliphatic heterocycles. The van der Waals surface area contributed by atoms with Gasteiger partial charge in [0, 0.05) is 6.54 Å². The molecule has 5 nitrogen and oxygen atoms in total. The Morgan fingerprint density at radius 2 is 1.74 bits per heavy atom. The van der Waals surface area contributed by atoms with Crippen LogP contribution in [0.25, 0.3) is 6.08 Å². The summed E-state index contributed by atoms with van der Waals surface area (Å²) in [7, 11) is -0.648. The lowest BCUT2D eigenvalue weighted by atomic mass is 9.77. The van der Waals surface area contributed by atoms with Gasteiger partial charge in [0.05, 0.1) is 11.2 Å². The van der Waals surface area contributed by atoms with Crippen molar-refractivity contribution in [3.8, 4) is 0 Å². The Bertz CT molecular complexity index is 943. The van der Waals surface area contributed by atoms with Crippen LogP contribution < -0.4 is 5.32 Å². The van der Waals surface area contributed by atoms with Gasteiger partial charge in [-0.3, -0.25) is 0 Å². The van der Waals surface area contributed by atoms with E-state index >= 15 is 0 Å². The van der Waals surface area contributed by atoms with E-state index in [1.165, 1.54) is 6.07 Å². The number of hydrogen-bond donors (Lipinski definition) is 1. The zero-order valence-electron chi connectivity index (χ0n) is 18.7. The number of amides is 1. The number of rotatable bonds is 6. The summed E-state index contributed by atoms with van der Waals surface area (Å²) in [6.07, 6.45) is 1.31. The lowest BCUT2D eigenvalue weighted by Gasteiger charge is -2.32. The number of ether oxygens (including phenoxy) is 1. The molecule has 7 heteroatoms. The van der Waals surface area contributed by atoms with Crippen molar-refractivity contribution in [1.82, 2.24) is 5.32 Å². The van der Waals surface area contributed by atoms with Crippen molar-refractivity contribution in [2.24, 2.45) is 0 Å². The number of carbonyl (C=O) groups excluding carboxylic acids is 1. The normalized spacial score (nSPS) is 17.5. The van der Waals surface area contributed by atoms with Crippen LogP contribution in [0, 0.1) is 12.7 Å². The van der Waals surface area contributed by atoms with E-state index in [1.807, 2.05) is 64.1 Å². The zero-order chi connectivity index (χ0) is 22.6. The van der Waals surface area contributed by atoms with E-state index in [0.717, 1.165) is 11.1 Å². The molecule has 0 aromatic heterocycles. The Morgan fingerprint density at radius 3 is 2.35 bits per heavy atom. The van der Waals surface area contributed by atoms with Crippen LogP contribution in [0.15, 0.2) is 54.0 Å². The van der Waals surface area contributed by atoms with Gasteiger partial charge in [-0.1, -0.05) is 42.5 Å². The van der Waals surface area contributed by atoms with Crippen molar-refractivity contribution in [2.45, 2.75) is 52.4 Å². The molecule has 0 aliphatic carbocycles. The molecule has 1 heterocycles. The van der Waals surface area contributed by atoms with Crippen LogP contribution in [0.3, 0.4) is 0 Å².